The van der Waals surface area contributed by atoms with E-state index < -0.39 is 0 Å². The number of nitriles is 1. The van der Waals surface area contributed by atoms with E-state index in [2.05, 4.69) is 24.4 Å². The molecule has 1 unspecified atom stereocenters. The molecule has 0 saturated heterocycles. The number of nitrogens with one attached hydrogen (secondary N) is 1. The lowest BCUT2D eigenvalue weighted by atomic mass is 10.1. The van der Waals surface area contributed by atoms with Gasteiger partial charge in [0.1, 0.15) is 0 Å². The van der Waals surface area contributed by atoms with Crippen LogP contribution in [0.1, 0.15) is 20.3 Å². The minimum absolute atomic E-state index is 0.380. The van der Waals surface area contributed by atoms with Gasteiger partial charge in [0.15, 0.2) is 0 Å². The molecule has 0 aromatic carbocycles. The molecule has 0 fully saturated rings. The topological polar surface area (TPSA) is 35.8 Å². The number of hydrogen-bond donors (Lipinski definition) is 1. The van der Waals surface area contributed by atoms with Crippen LogP contribution in [-0.2, 0) is 0 Å². The largest absolute Gasteiger partial charge is 0.316 e. The van der Waals surface area contributed by atoms with Crippen LogP contribution in [0.5, 0.6) is 0 Å². The van der Waals surface area contributed by atoms with Gasteiger partial charge in [-0.2, -0.15) is 5.26 Å². The second kappa shape index (κ2) is 7.30. The Bertz CT molecular complexity index is 144. The SMILES string of the molecule is C/C=C\C(CC#N)CNCC. The summed E-state index contributed by atoms with van der Waals surface area (Å²) >= 11 is 0. The van der Waals surface area contributed by atoms with Crippen LogP contribution in [0.2, 0.25) is 0 Å². The van der Waals surface area contributed by atoms with Crippen LogP contribution < -0.4 is 5.32 Å². The Balaban J connectivity index is 3.62. The molecule has 0 spiro atoms. The lowest BCUT2D eigenvalue weighted by Gasteiger charge is -2.07. The third-order valence-corrected chi connectivity index (χ3v) is 1.47. The van der Waals surface area contributed by atoms with Crippen LogP contribution in [0.4, 0.5) is 0 Å². The van der Waals surface area contributed by atoms with Crippen LogP contribution in [0.3, 0.4) is 0 Å². The maximum absolute atomic E-state index is 8.45. The van der Waals surface area contributed by atoms with Crippen molar-refractivity contribution in [1.82, 2.24) is 5.32 Å². The summed E-state index contributed by atoms with van der Waals surface area (Å²) in [6.07, 6.45) is 4.68. The van der Waals surface area contributed by atoms with Gasteiger partial charge in [0.05, 0.1) is 6.07 Å². The highest BCUT2D eigenvalue weighted by atomic mass is 14.8. The van der Waals surface area contributed by atoms with E-state index >= 15 is 0 Å². The van der Waals surface area contributed by atoms with Crippen molar-refractivity contribution in [3.8, 4) is 6.07 Å². The number of allylic oxidation sites excluding steroid dienone is 1. The minimum atomic E-state index is 0.380. The van der Waals surface area contributed by atoms with Crippen molar-refractivity contribution in [3.63, 3.8) is 0 Å². The van der Waals surface area contributed by atoms with Gasteiger partial charge in [0.2, 0.25) is 0 Å². The van der Waals surface area contributed by atoms with E-state index in [1.54, 1.807) is 0 Å². The standard InChI is InChI=1S/C9H16N2/c1-3-5-9(6-7-10)8-11-4-2/h3,5,9,11H,4,6,8H2,1-2H3/b5-3-. The molecule has 2 heteroatoms. The van der Waals surface area contributed by atoms with Crippen molar-refractivity contribution in [2.45, 2.75) is 20.3 Å². The molecule has 0 aliphatic carbocycles. The maximum Gasteiger partial charge on any atom is 0.0628 e. The lowest BCUT2D eigenvalue weighted by molar-refractivity contribution is 0.580. The molecule has 1 atom stereocenters. The Kier molecular flexibility index (Phi) is 6.76. The smallest absolute Gasteiger partial charge is 0.0628 e. The zero-order valence-corrected chi connectivity index (χ0v) is 7.30. The van der Waals surface area contributed by atoms with Gasteiger partial charge >= 0.3 is 0 Å². The van der Waals surface area contributed by atoms with E-state index in [0.29, 0.717) is 12.3 Å². The Morgan fingerprint density at radius 3 is 2.82 bits per heavy atom. The lowest BCUT2D eigenvalue weighted by Crippen LogP contribution is -2.20. The Hall–Kier alpha value is -0.810. The summed E-state index contributed by atoms with van der Waals surface area (Å²) < 4.78 is 0. The molecule has 11 heavy (non-hydrogen) atoms. The van der Waals surface area contributed by atoms with E-state index in [9.17, 15) is 0 Å². The molecule has 0 rings (SSSR count). The predicted molar refractivity (Wildman–Crippen MR) is 47.1 cm³/mol. The van der Waals surface area contributed by atoms with E-state index in [4.69, 9.17) is 5.26 Å². The minimum Gasteiger partial charge on any atom is -0.316 e. The summed E-state index contributed by atoms with van der Waals surface area (Å²) in [5, 5.41) is 11.7. The Labute approximate surface area is 68.9 Å². The zero-order valence-electron chi connectivity index (χ0n) is 7.30. The van der Waals surface area contributed by atoms with Gasteiger partial charge in [-0.3, -0.25) is 0 Å². The van der Waals surface area contributed by atoms with Gasteiger partial charge in [0.25, 0.3) is 0 Å². The first-order valence-corrected chi connectivity index (χ1v) is 4.05. The number of nitrogens with zero attached hydrogens (tertiary/aromatic N) is 1. The normalized spacial score (nSPS) is 13.2. The highest BCUT2D eigenvalue weighted by Gasteiger charge is 2.00. The maximum atomic E-state index is 8.45. The van der Waals surface area contributed by atoms with Crippen molar-refractivity contribution < 1.29 is 0 Å². The van der Waals surface area contributed by atoms with E-state index in [1.807, 2.05) is 13.0 Å². The van der Waals surface area contributed by atoms with Gasteiger partial charge in [-0.05, 0) is 13.5 Å². The average Bonchev–Trinajstić information content (AvgIpc) is 2.01. The van der Waals surface area contributed by atoms with Crippen LogP contribution in [0, 0.1) is 17.2 Å². The molecule has 0 aliphatic heterocycles. The fraction of sp³-hybridized carbons (Fsp3) is 0.667. The van der Waals surface area contributed by atoms with Gasteiger partial charge in [-0.25, -0.2) is 0 Å². The average molecular weight is 152 g/mol. The number of rotatable bonds is 5. The van der Waals surface area contributed by atoms with Crippen molar-refractivity contribution in [3.05, 3.63) is 12.2 Å². The molecular weight excluding hydrogens is 136 g/mol. The monoisotopic (exact) mass is 152 g/mol. The van der Waals surface area contributed by atoms with Gasteiger partial charge in [-0.1, -0.05) is 19.1 Å². The molecule has 0 bridgehead atoms. The Morgan fingerprint density at radius 1 is 1.64 bits per heavy atom. The first-order valence-electron chi connectivity index (χ1n) is 4.05. The van der Waals surface area contributed by atoms with Crippen LogP contribution in [0.25, 0.3) is 0 Å². The predicted octanol–water partition coefficient (Wildman–Crippen LogP) is 1.70. The van der Waals surface area contributed by atoms with Crippen LogP contribution in [-0.4, -0.2) is 13.1 Å². The van der Waals surface area contributed by atoms with Crippen LogP contribution >= 0.6 is 0 Å². The van der Waals surface area contributed by atoms with E-state index in [0.717, 1.165) is 13.1 Å². The fourth-order valence-corrected chi connectivity index (χ4v) is 0.927. The first kappa shape index (κ1) is 10.2. The molecule has 0 radical (unpaired) electrons. The van der Waals surface area contributed by atoms with Crippen molar-refractivity contribution in [1.29, 1.82) is 5.26 Å². The van der Waals surface area contributed by atoms with Crippen molar-refractivity contribution >= 4 is 0 Å². The van der Waals surface area contributed by atoms with Crippen molar-refractivity contribution in [2.24, 2.45) is 5.92 Å². The quantitative estimate of drug-likeness (QED) is 0.609. The molecule has 0 aromatic heterocycles. The summed E-state index contributed by atoms with van der Waals surface area (Å²) in [5.41, 5.74) is 0. The molecule has 1 N–H and O–H groups in total. The molecule has 2 nitrogen and oxygen atoms in total. The molecule has 0 amide bonds. The third-order valence-electron chi connectivity index (χ3n) is 1.47. The zero-order chi connectivity index (χ0) is 8.53. The number of hydrogen-bond acceptors (Lipinski definition) is 2. The molecule has 62 valence electrons. The second-order valence-electron chi connectivity index (χ2n) is 2.46. The van der Waals surface area contributed by atoms with Crippen molar-refractivity contribution in [2.75, 3.05) is 13.1 Å². The van der Waals surface area contributed by atoms with Gasteiger partial charge in [-0.15, -0.1) is 0 Å². The van der Waals surface area contributed by atoms with Gasteiger partial charge in [0, 0.05) is 18.9 Å². The third kappa shape index (κ3) is 5.63. The molecule has 0 aliphatic rings. The molecular formula is C9H16N2. The highest BCUT2D eigenvalue weighted by Crippen LogP contribution is 2.01. The molecule has 0 aromatic rings. The summed E-state index contributed by atoms with van der Waals surface area (Å²) in [6, 6.07) is 2.17. The van der Waals surface area contributed by atoms with Crippen LogP contribution in [0.15, 0.2) is 12.2 Å². The molecule has 0 saturated carbocycles. The summed E-state index contributed by atoms with van der Waals surface area (Å²) in [7, 11) is 0. The Morgan fingerprint density at radius 2 is 2.36 bits per heavy atom. The summed E-state index contributed by atoms with van der Waals surface area (Å²) in [6.45, 7) is 5.93. The van der Waals surface area contributed by atoms with Gasteiger partial charge < -0.3 is 5.32 Å². The summed E-state index contributed by atoms with van der Waals surface area (Å²) in [5.74, 6) is 0.380. The highest BCUT2D eigenvalue weighted by molar-refractivity contribution is 4.91. The van der Waals surface area contributed by atoms with E-state index in [1.165, 1.54) is 0 Å². The summed E-state index contributed by atoms with van der Waals surface area (Å²) in [4.78, 5) is 0. The molecule has 0 heterocycles. The fourth-order valence-electron chi connectivity index (χ4n) is 0.927. The first-order chi connectivity index (χ1) is 5.35. The second-order valence-corrected chi connectivity index (χ2v) is 2.46. The van der Waals surface area contributed by atoms with E-state index in [-0.39, 0.29) is 0 Å².